The van der Waals surface area contributed by atoms with E-state index in [1.165, 1.54) is 4.90 Å². The Kier molecular flexibility index (Phi) is 6.30. The van der Waals surface area contributed by atoms with Crippen LogP contribution in [0.4, 0.5) is 4.79 Å². The number of amides is 2. The van der Waals surface area contributed by atoms with Gasteiger partial charge in [0.25, 0.3) is 0 Å². The molecule has 0 aromatic heterocycles. The number of urea groups is 1. The maximum Gasteiger partial charge on any atom is 0.326 e. The van der Waals surface area contributed by atoms with E-state index in [9.17, 15) is 14.7 Å². The summed E-state index contributed by atoms with van der Waals surface area (Å²) in [5, 5.41) is 12.2. The van der Waals surface area contributed by atoms with Crippen molar-refractivity contribution in [2.24, 2.45) is 11.8 Å². The number of carboxylic acids is 1. The summed E-state index contributed by atoms with van der Waals surface area (Å²) in [6.07, 6.45) is 3.40. The molecule has 3 atom stereocenters. The first-order chi connectivity index (χ1) is 9.31. The van der Waals surface area contributed by atoms with Gasteiger partial charge in [0.1, 0.15) is 6.04 Å². The van der Waals surface area contributed by atoms with Gasteiger partial charge >= 0.3 is 12.0 Å². The van der Waals surface area contributed by atoms with Crippen molar-refractivity contribution in [3.63, 3.8) is 0 Å². The summed E-state index contributed by atoms with van der Waals surface area (Å²) in [5.41, 5.74) is 0. The molecule has 1 fully saturated rings. The summed E-state index contributed by atoms with van der Waals surface area (Å²) in [5.74, 6) is 0.0667. The van der Waals surface area contributed by atoms with Gasteiger partial charge in [0, 0.05) is 12.6 Å². The Morgan fingerprint density at radius 3 is 2.50 bits per heavy atom. The number of hydrogen-bond donors (Lipinski definition) is 2. The molecule has 0 saturated carbocycles. The van der Waals surface area contributed by atoms with E-state index in [2.05, 4.69) is 19.2 Å². The minimum atomic E-state index is -0.901. The zero-order chi connectivity index (χ0) is 15.3. The van der Waals surface area contributed by atoms with Gasteiger partial charge < -0.3 is 15.3 Å². The zero-order valence-electron chi connectivity index (χ0n) is 13.1. The molecule has 0 aromatic rings. The van der Waals surface area contributed by atoms with Gasteiger partial charge in [-0.15, -0.1) is 0 Å². The minimum Gasteiger partial charge on any atom is -0.480 e. The molecule has 1 aliphatic heterocycles. The van der Waals surface area contributed by atoms with E-state index in [1.54, 1.807) is 0 Å². The number of aliphatic carboxylic acids is 1. The van der Waals surface area contributed by atoms with Crippen molar-refractivity contribution >= 4 is 12.0 Å². The SMILES string of the molecule is CC(C)CCC(C)NC(=O)N1CCC(C)CC1C(=O)O. The first-order valence-corrected chi connectivity index (χ1v) is 7.61. The number of nitrogens with zero attached hydrogens (tertiary/aromatic N) is 1. The van der Waals surface area contributed by atoms with E-state index in [4.69, 9.17) is 0 Å². The van der Waals surface area contributed by atoms with Crippen molar-refractivity contribution in [3.8, 4) is 0 Å². The van der Waals surface area contributed by atoms with Crippen LogP contribution in [0.5, 0.6) is 0 Å². The van der Waals surface area contributed by atoms with Gasteiger partial charge in [-0.3, -0.25) is 0 Å². The van der Waals surface area contributed by atoms with Crippen LogP contribution in [0.15, 0.2) is 0 Å². The molecule has 1 saturated heterocycles. The van der Waals surface area contributed by atoms with Crippen molar-refractivity contribution < 1.29 is 14.7 Å². The van der Waals surface area contributed by atoms with Crippen LogP contribution in [0.25, 0.3) is 0 Å². The van der Waals surface area contributed by atoms with Crippen LogP contribution in [0.1, 0.15) is 53.4 Å². The molecule has 0 aliphatic carbocycles. The van der Waals surface area contributed by atoms with Gasteiger partial charge in [-0.25, -0.2) is 9.59 Å². The topological polar surface area (TPSA) is 69.6 Å². The third-order valence-corrected chi connectivity index (χ3v) is 3.96. The number of carbonyl (C=O) groups is 2. The summed E-state index contributed by atoms with van der Waals surface area (Å²) in [4.78, 5) is 25.0. The Hall–Kier alpha value is -1.26. The van der Waals surface area contributed by atoms with Gasteiger partial charge in [0.15, 0.2) is 0 Å². The average molecular weight is 284 g/mol. The molecule has 0 radical (unpaired) electrons. The fourth-order valence-electron chi connectivity index (χ4n) is 2.57. The Bertz CT molecular complexity index is 344. The van der Waals surface area contributed by atoms with Gasteiger partial charge in [-0.1, -0.05) is 20.8 Å². The molecule has 5 heteroatoms. The van der Waals surface area contributed by atoms with Crippen LogP contribution in [0, 0.1) is 11.8 Å². The predicted octanol–water partition coefficient (Wildman–Crippen LogP) is 2.71. The highest BCUT2D eigenvalue weighted by Gasteiger charge is 2.34. The van der Waals surface area contributed by atoms with Crippen LogP contribution in [0.3, 0.4) is 0 Å². The summed E-state index contributed by atoms with van der Waals surface area (Å²) >= 11 is 0. The van der Waals surface area contributed by atoms with E-state index in [0.29, 0.717) is 24.8 Å². The smallest absolute Gasteiger partial charge is 0.326 e. The van der Waals surface area contributed by atoms with Crippen LogP contribution in [-0.2, 0) is 4.79 Å². The molecule has 20 heavy (non-hydrogen) atoms. The predicted molar refractivity (Wildman–Crippen MR) is 78.6 cm³/mol. The van der Waals surface area contributed by atoms with Crippen LogP contribution < -0.4 is 5.32 Å². The zero-order valence-corrected chi connectivity index (χ0v) is 13.1. The van der Waals surface area contributed by atoms with E-state index < -0.39 is 12.0 Å². The first-order valence-electron chi connectivity index (χ1n) is 7.61. The molecular formula is C15H28N2O3. The molecular weight excluding hydrogens is 256 g/mol. The van der Waals surface area contributed by atoms with Crippen molar-refractivity contribution in [1.82, 2.24) is 10.2 Å². The van der Waals surface area contributed by atoms with E-state index >= 15 is 0 Å². The number of carbonyl (C=O) groups excluding carboxylic acids is 1. The molecule has 2 amide bonds. The quantitative estimate of drug-likeness (QED) is 0.815. The van der Waals surface area contributed by atoms with Crippen LogP contribution in [-0.4, -0.2) is 40.6 Å². The lowest BCUT2D eigenvalue weighted by molar-refractivity contribution is -0.143. The van der Waals surface area contributed by atoms with E-state index in [-0.39, 0.29) is 12.1 Å². The Balaban J connectivity index is 2.54. The number of piperidine rings is 1. The number of likely N-dealkylation sites (tertiary alicyclic amines) is 1. The highest BCUT2D eigenvalue weighted by Crippen LogP contribution is 2.23. The van der Waals surface area contributed by atoms with Crippen LogP contribution >= 0.6 is 0 Å². The number of nitrogens with one attached hydrogen (secondary N) is 1. The Morgan fingerprint density at radius 2 is 1.95 bits per heavy atom. The lowest BCUT2D eigenvalue weighted by Gasteiger charge is -2.36. The largest absolute Gasteiger partial charge is 0.480 e. The third-order valence-electron chi connectivity index (χ3n) is 3.96. The molecule has 1 aliphatic rings. The molecule has 2 N–H and O–H groups in total. The highest BCUT2D eigenvalue weighted by molar-refractivity contribution is 5.83. The summed E-state index contributed by atoms with van der Waals surface area (Å²) < 4.78 is 0. The first kappa shape index (κ1) is 16.8. The maximum absolute atomic E-state index is 12.2. The standard InChI is InChI=1S/C15H28N2O3/c1-10(2)5-6-12(4)16-15(20)17-8-7-11(3)9-13(17)14(18)19/h10-13H,5-9H2,1-4H3,(H,16,20)(H,18,19). The summed E-state index contributed by atoms with van der Waals surface area (Å²) in [6, 6.07) is -0.838. The number of carboxylic acid groups (broad SMARTS) is 1. The highest BCUT2D eigenvalue weighted by atomic mass is 16.4. The minimum absolute atomic E-state index is 0.0821. The van der Waals surface area contributed by atoms with E-state index in [0.717, 1.165) is 19.3 Å². The second-order valence-electron chi connectivity index (χ2n) is 6.50. The second kappa shape index (κ2) is 7.50. The maximum atomic E-state index is 12.2. The fourth-order valence-corrected chi connectivity index (χ4v) is 2.57. The number of rotatable bonds is 5. The van der Waals surface area contributed by atoms with Crippen molar-refractivity contribution in [3.05, 3.63) is 0 Å². The molecule has 0 bridgehead atoms. The average Bonchev–Trinajstić information content (AvgIpc) is 2.35. The molecule has 1 heterocycles. The van der Waals surface area contributed by atoms with Gasteiger partial charge in [-0.2, -0.15) is 0 Å². The van der Waals surface area contributed by atoms with Crippen molar-refractivity contribution in [2.75, 3.05) is 6.54 Å². The van der Waals surface area contributed by atoms with Gasteiger partial charge in [0.2, 0.25) is 0 Å². The molecule has 0 aromatic carbocycles. The van der Waals surface area contributed by atoms with Crippen LogP contribution in [0.2, 0.25) is 0 Å². The van der Waals surface area contributed by atoms with E-state index in [1.807, 2.05) is 13.8 Å². The fraction of sp³-hybridized carbons (Fsp3) is 0.867. The Labute approximate surface area is 121 Å². The van der Waals surface area contributed by atoms with Gasteiger partial charge in [0.05, 0.1) is 0 Å². The Morgan fingerprint density at radius 1 is 1.30 bits per heavy atom. The van der Waals surface area contributed by atoms with Crippen molar-refractivity contribution in [1.29, 1.82) is 0 Å². The second-order valence-corrected chi connectivity index (χ2v) is 6.50. The monoisotopic (exact) mass is 284 g/mol. The lowest BCUT2D eigenvalue weighted by Crippen LogP contribution is -2.54. The summed E-state index contributed by atoms with van der Waals surface area (Å²) in [7, 11) is 0. The number of hydrogen-bond acceptors (Lipinski definition) is 2. The normalized spacial score (nSPS) is 24.6. The lowest BCUT2D eigenvalue weighted by atomic mass is 9.92. The molecule has 116 valence electrons. The van der Waals surface area contributed by atoms with Gasteiger partial charge in [-0.05, 0) is 44.4 Å². The van der Waals surface area contributed by atoms with Crippen molar-refractivity contribution in [2.45, 2.75) is 65.5 Å². The molecule has 5 nitrogen and oxygen atoms in total. The molecule has 3 unspecified atom stereocenters. The third kappa shape index (κ3) is 5.02. The molecule has 0 spiro atoms. The molecule has 1 rings (SSSR count). The summed E-state index contributed by atoms with van der Waals surface area (Å²) in [6.45, 7) is 8.85.